The molecule has 1 aromatic rings. The fraction of sp³-hybridized carbons (Fsp3) is 0.400. The lowest BCUT2D eigenvalue weighted by atomic mass is 10.0. The lowest BCUT2D eigenvalue weighted by Gasteiger charge is -2.22. The van der Waals surface area contributed by atoms with E-state index in [9.17, 15) is 22.0 Å². The third kappa shape index (κ3) is 4.19. The van der Waals surface area contributed by atoms with Gasteiger partial charge in [-0.15, -0.1) is 13.2 Å². The maximum absolute atomic E-state index is 13.1. The maximum Gasteiger partial charge on any atom is 0.573 e. The third-order valence-corrected chi connectivity index (χ3v) is 2.50. The summed E-state index contributed by atoms with van der Waals surface area (Å²) in [6.07, 6.45) is -4.94. The molecule has 3 N–H and O–H groups in total. The second-order valence-corrected chi connectivity index (χ2v) is 4.04. The second-order valence-electron chi connectivity index (χ2n) is 3.63. The van der Waals surface area contributed by atoms with Gasteiger partial charge in [-0.05, 0) is 17.7 Å². The Kier molecular flexibility index (Phi) is 4.59. The summed E-state index contributed by atoms with van der Waals surface area (Å²) >= 11 is 5.48. The molecule has 0 heterocycles. The molecule has 1 rings (SSSR count). The molecule has 0 saturated carbocycles. The maximum atomic E-state index is 13.1. The highest BCUT2D eigenvalue weighted by Gasteiger charge is 2.38. The highest BCUT2D eigenvalue weighted by atomic mass is 35.5. The summed E-state index contributed by atoms with van der Waals surface area (Å²) in [6, 6.07) is 0.631. The van der Waals surface area contributed by atoms with Crippen LogP contribution in [0.5, 0.6) is 5.75 Å². The van der Waals surface area contributed by atoms with Crippen molar-refractivity contribution in [3.63, 3.8) is 0 Å². The van der Waals surface area contributed by atoms with E-state index in [1.807, 2.05) is 0 Å². The molecule has 0 saturated heterocycles. The predicted molar refractivity (Wildman–Crippen MR) is 57.1 cm³/mol. The Labute approximate surface area is 109 Å². The van der Waals surface area contributed by atoms with Crippen molar-refractivity contribution in [2.45, 2.75) is 18.3 Å². The average molecular weight is 306 g/mol. The van der Waals surface area contributed by atoms with E-state index in [0.717, 1.165) is 18.2 Å². The molecule has 0 aliphatic heterocycles. The average Bonchev–Trinajstić information content (AvgIpc) is 2.29. The van der Waals surface area contributed by atoms with Gasteiger partial charge in [-0.2, -0.15) is 0 Å². The van der Waals surface area contributed by atoms with Gasteiger partial charge in [0.05, 0.1) is 11.1 Å². The third-order valence-electron chi connectivity index (χ3n) is 2.21. The van der Waals surface area contributed by atoms with Gasteiger partial charge in [0.2, 0.25) is 0 Å². The van der Waals surface area contributed by atoms with E-state index in [1.54, 1.807) is 0 Å². The standard InChI is InChI=1S/C10H9ClF5NO2/c11-6-3-5(8(17)9(12,13)4-18)1-2-7(6)19-10(14,15)16/h1-3,8,18H,4,17H2/t8-/m1/s1. The highest BCUT2D eigenvalue weighted by Crippen LogP contribution is 2.35. The van der Waals surface area contributed by atoms with Gasteiger partial charge in [0.15, 0.2) is 0 Å². The molecular formula is C10H9ClF5NO2. The van der Waals surface area contributed by atoms with Gasteiger partial charge < -0.3 is 15.6 Å². The molecule has 3 nitrogen and oxygen atoms in total. The predicted octanol–water partition coefficient (Wildman–Crippen LogP) is 2.87. The van der Waals surface area contributed by atoms with Gasteiger partial charge in [-0.1, -0.05) is 17.7 Å². The fourth-order valence-electron chi connectivity index (χ4n) is 1.26. The van der Waals surface area contributed by atoms with Gasteiger partial charge in [0.25, 0.3) is 5.92 Å². The molecule has 0 unspecified atom stereocenters. The number of aliphatic hydroxyl groups is 1. The molecule has 0 aliphatic rings. The van der Waals surface area contributed by atoms with Gasteiger partial charge in [0, 0.05) is 0 Å². The number of aliphatic hydroxyl groups excluding tert-OH is 1. The van der Waals surface area contributed by atoms with Gasteiger partial charge in [-0.3, -0.25) is 0 Å². The Hall–Kier alpha value is -1.12. The largest absolute Gasteiger partial charge is 0.573 e. The zero-order valence-corrected chi connectivity index (χ0v) is 9.97. The van der Waals surface area contributed by atoms with Crippen LogP contribution in [0.2, 0.25) is 5.02 Å². The summed E-state index contributed by atoms with van der Waals surface area (Å²) in [5, 5.41) is 7.95. The Morgan fingerprint density at radius 2 is 1.84 bits per heavy atom. The van der Waals surface area contributed by atoms with E-state index in [2.05, 4.69) is 4.74 Å². The molecule has 0 amide bonds. The molecule has 19 heavy (non-hydrogen) atoms. The first kappa shape index (κ1) is 15.9. The number of rotatable bonds is 4. The topological polar surface area (TPSA) is 55.5 Å². The molecule has 0 fully saturated rings. The van der Waals surface area contributed by atoms with Gasteiger partial charge >= 0.3 is 6.36 Å². The van der Waals surface area contributed by atoms with Crippen LogP contribution in [-0.4, -0.2) is 24.0 Å². The van der Waals surface area contributed by atoms with E-state index in [1.165, 1.54) is 0 Å². The van der Waals surface area contributed by atoms with Gasteiger partial charge in [0.1, 0.15) is 12.4 Å². The van der Waals surface area contributed by atoms with Crippen molar-refractivity contribution in [1.29, 1.82) is 0 Å². The van der Waals surface area contributed by atoms with E-state index in [-0.39, 0.29) is 5.56 Å². The smallest absolute Gasteiger partial charge is 0.404 e. The first-order valence-electron chi connectivity index (χ1n) is 4.86. The van der Waals surface area contributed by atoms with E-state index >= 15 is 0 Å². The number of nitrogens with two attached hydrogens (primary N) is 1. The minimum Gasteiger partial charge on any atom is -0.404 e. The number of hydrogen-bond acceptors (Lipinski definition) is 3. The lowest BCUT2D eigenvalue weighted by molar-refractivity contribution is -0.274. The number of halogens is 6. The Bertz CT molecular complexity index is 452. The van der Waals surface area contributed by atoms with Crippen molar-refractivity contribution < 1.29 is 31.8 Å². The first-order valence-corrected chi connectivity index (χ1v) is 5.24. The quantitative estimate of drug-likeness (QED) is 0.841. The van der Waals surface area contributed by atoms with Crippen LogP contribution in [0.1, 0.15) is 11.6 Å². The van der Waals surface area contributed by atoms with E-state index in [4.69, 9.17) is 22.4 Å². The Morgan fingerprint density at radius 1 is 1.26 bits per heavy atom. The number of benzene rings is 1. The summed E-state index contributed by atoms with van der Waals surface area (Å²) in [5.74, 6) is -4.34. The van der Waals surface area contributed by atoms with Crippen LogP contribution in [0.3, 0.4) is 0 Å². The summed E-state index contributed by atoms with van der Waals surface area (Å²) in [6.45, 7) is -1.49. The lowest BCUT2D eigenvalue weighted by Crippen LogP contribution is -2.36. The van der Waals surface area contributed by atoms with Crippen molar-refractivity contribution in [1.82, 2.24) is 0 Å². The summed E-state index contributed by atoms with van der Waals surface area (Å²) in [7, 11) is 0. The van der Waals surface area contributed by atoms with Crippen LogP contribution in [0, 0.1) is 0 Å². The van der Waals surface area contributed by atoms with Crippen LogP contribution in [-0.2, 0) is 0 Å². The minimum absolute atomic E-state index is 0.224. The minimum atomic E-state index is -4.94. The highest BCUT2D eigenvalue weighted by molar-refractivity contribution is 6.32. The number of hydrogen-bond donors (Lipinski definition) is 2. The van der Waals surface area contributed by atoms with Crippen molar-refractivity contribution in [3.8, 4) is 5.75 Å². The van der Waals surface area contributed by atoms with Crippen molar-refractivity contribution in [3.05, 3.63) is 28.8 Å². The fourth-order valence-corrected chi connectivity index (χ4v) is 1.49. The molecule has 9 heteroatoms. The summed E-state index contributed by atoms with van der Waals surface area (Å²) in [5.41, 5.74) is 4.97. The number of ether oxygens (including phenoxy) is 1. The van der Waals surface area contributed by atoms with Crippen LogP contribution in [0.25, 0.3) is 0 Å². The van der Waals surface area contributed by atoms with Gasteiger partial charge in [-0.25, -0.2) is 8.78 Å². The zero-order valence-electron chi connectivity index (χ0n) is 9.22. The zero-order chi connectivity index (χ0) is 14.8. The van der Waals surface area contributed by atoms with Crippen molar-refractivity contribution in [2.24, 2.45) is 5.73 Å². The molecule has 108 valence electrons. The van der Waals surface area contributed by atoms with Crippen molar-refractivity contribution in [2.75, 3.05) is 6.61 Å². The molecule has 0 radical (unpaired) electrons. The molecule has 1 aromatic carbocycles. The van der Waals surface area contributed by atoms with Crippen LogP contribution in [0.15, 0.2) is 18.2 Å². The molecule has 0 bridgehead atoms. The SMILES string of the molecule is N[C@H](c1ccc(OC(F)(F)F)c(Cl)c1)C(F)(F)CO. The summed E-state index contributed by atoms with van der Waals surface area (Å²) < 4.78 is 65.7. The molecule has 0 aromatic heterocycles. The Morgan fingerprint density at radius 3 is 2.26 bits per heavy atom. The van der Waals surface area contributed by atoms with Crippen LogP contribution >= 0.6 is 11.6 Å². The van der Waals surface area contributed by atoms with Crippen molar-refractivity contribution >= 4 is 11.6 Å². The van der Waals surface area contributed by atoms with Crippen LogP contribution < -0.4 is 10.5 Å². The molecular weight excluding hydrogens is 297 g/mol. The molecule has 0 spiro atoms. The van der Waals surface area contributed by atoms with E-state index in [0.29, 0.717) is 0 Å². The van der Waals surface area contributed by atoms with E-state index < -0.39 is 35.7 Å². The monoisotopic (exact) mass is 305 g/mol. The molecule has 0 aliphatic carbocycles. The Balaban J connectivity index is 3.00. The van der Waals surface area contributed by atoms with Crippen LogP contribution in [0.4, 0.5) is 22.0 Å². The number of alkyl halides is 5. The first-order chi connectivity index (χ1) is 8.57. The summed E-state index contributed by atoms with van der Waals surface area (Å²) in [4.78, 5) is 0. The normalized spacial score (nSPS) is 14.3. The second kappa shape index (κ2) is 5.48. The molecule has 1 atom stereocenters.